The van der Waals surface area contributed by atoms with Gasteiger partial charge < -0.3 is 26.4 Å². The second-order valence-corrected chi connectivity index (χ2v) is 6.03. The van der Waals surface area contributed by atoms with Crippen LogP contribution in [0.25, 0.3) is 0 Å². The molecule has 27 heavy (non-hydrogen) atoms. The van der Waals surface area contributed by atoms with Gasteiger partial charge in [-0.1, -0.05) is 12.1 Å². The molecule has 2 rings (SSSR count). The van der Waals surface area contributed by atoms with Crippen LogP contribution < -0.4 is 26.4 Å². The summed E-state index contributed by atoms with van der Waals surface area (Å²) < 4.78 is 5.16. The number of carbonyl (C=O) groups excluding carboxylic acids is 3. The van der Waals surface area contributed by atoms with Crippen molar-refractivity contribution in [2.24, 2.45) is 5.73 Å². The van der Waals surface area contributed by atoms with E-state index in [1.807, 2.05) is 13.8 Å². The van der Waals surface area contributed by atoms with Crippen molar-refractivity contribution < 1.29 is 19.1 Å². The van der Waals surface area contributed by atoms with Gasteiger partial charge in [-0.05, 0) is 50.2 Å². The Kier molecular flexibility index (Phi) is 6.76. The highest BCUT2D eigenvalue weighted by Crippen LogP contribution is 2.19. The summed E-state index contributed by atoms with van der Waals surface area (Å²) in [7, 11) is 0. The molecule has 0 bridgehead atoms. The van der Waals surface area contributed by atoms with Crippen LogP contribution in [0.15, 0.2) is 48.5 Å². The number of nitrogens with two attached hydrogens (primary N) is 1. The van der Waals surface area contributed by atoms with Crippen LogP contribution in [0.4, 0.5) is 16.2 Å². The van der Waals surface area contributed by atoms with Crippen molar-refractivity contribution in [3.63, 3.8) is 0 Å². The van der Waals surface area contributed by atoms with Gasteiger partial charge in [-0.25, -0.2) is 4.79 Å². The van der Waals surface area contributed by atoms with Gasteiger partial charge in [-0.15, -0.1) is 0 Å². The molecule has 142 valence electrons. The number of nitrogens with one attached hydrogen (secondary N) is 3. The average Bonchev–Trinajstić information content (AvgIpc) is 2.60. The van der Waals surface area contributed by atoms with Crippen LogP contribution in [0.2, 0.25) is 0 Å². The number of amides is 4. The minimum Gasteiger partial charge on any atom is -0.484 e. The molecule has 8 heteroatoms. The summed E-state index contributed by atoms with van der Waals surface area (Å²) in [4.78, 5) is 35.2. The third kappa shape index (κ3) is 6.35. The van der Waals surface area contributed by atoms with E-state index in [9.17, 15) is 14.4 Å². The molecule has 0 atom stereocenters. The molecular weight excluding hydrogens is 348 g/mol. The van der Waals surface area contributed by atoms with Crippen LogP contribution in [-0.2, 0) is 4.79 Å². The Morgan fingerprint density at radius 2 is 1.67 bits per heavy atom. The van der Waals surface area contributed by atoms with Gasteiger partial charge in [-0.3, -0.25) is 9.59 Å². The number of ether oxygens (including phenoxy) is 1. The molecule has 5 N–H and O–H groups in total. The summed E-state index contributed by atoms with van der Waals surface area (Å²) in [5, 5.41) is 8.12. The van der Waals surface area contributed by atoms with E-state index < -0.39 is 5.91 Å². The average molecular weight is 370 g/mol. The molecule has 0 aromatic heterocycles. The second-order valence-electron chi connectivity index (χ2n) is 6.03. The van der Waals surface area contributed by atoms with Crippen LogP contribution in [0.5, 0.6) is 5.75 Å². The van der Waals surface area contributed by atoms with E-state index in [0.29, 0.717) is 22.7 Å². The van der Waals surface area contributed by atoms with Crippen molar-refractivity contribution in [1.82, 2.24) is 5.32 Å². The Labute approximate surface area is 157 Å². The number of para-hydroxylation sites is 1. The number of hydrogen-bond donors (Lipinski definition) is 4. The molecule has 2 aromatic rings. The summed E-state index contributed by atoms with van der Waals surface area (Å²) in [5.74, 6) is -0.488. The minimum atomic E-state index is -0.571. The SMILES string of the molecule is CC(C)NC(=O)Nc1ccccc1C(=O)Nc1ccc(OCC(N)=O)cc1. The largest absolute Gasteiger partial charge is 0.484 e. The van der Waals surface area contributed by atoms with E-state index in [-0.39, 0.29) is 24.6 Å². The molecule has 0 aliphatic carbocycles. The first-order valence-electron chi connectivity index (χ1n) is 8.34. The van der Waals surface area contributed by atoms with E-state index in [1.54, 1.807) is 48.5 Å². The fraction of sp³-hybridized carbons (Fsp3) is 0.211. The van der Waals surface area contributed by atoms with Crippen LogP contribution in [0.3, 0.4) is 0 Å². The van der Waals surface area contributed by atoms with Gasteiger partial charge in [0.05, 0.1) is 11.3 Å². The summed E-state index contributed by atoms with van der Waals surface area (Å²) >= 11 is 0. The topological polar surface area (TPSA) is 123 Å². The molecule has 8 nitrogen and oxygen atoms in total. The van der Waals surface area contributed by atoms with E-state index in [0.717, 1.165) is 0 Å². The van der Waals surface area contributed by atoms with Crippen molar-refractivity contribution >= 4 is 29.2 Å². The summed E-state index contributed by atoms with van der Waals surface area (Å²) in [6.07, 6.45) is 0. The molecule has 0 heterocycles. The lowest BCUT2D eigenvalue weighted by atomic mass is 10.1. The lowest BCUT2D eigenvalue weighted by Crippen LogP contribution is -2.34. The number of urea groups is 1. The Morgan fingerprint density at radius 3 is 2.30 bits per heavy atom. The zero-order valence-corrected chi connectivity index (χ0v) is 15.1. The molecule has 2 aromatic carbocycles. The minimum absolute atomic E-state index is 0.0266. The molecule has 0 saturated heterocycles. The molecule has 0 aliphatic rings. The fourth-order valence-electron chi connectivity index (χ4n) is 2.20. The van der Waals surface area contributed by atoms with Crippen LogP contribution in [0.1, 0.15) is 24.2 Å². The third-order valence-electron chi connectivity index (χ3n) is 3.33. The van der Waals surface area contributed by atoms with Crippen LogP contribution >= 0.6 is 0 Å². The normalized spacial score (nSPS) is 10.2. The van der Waals surface area contributed by atoms with E-state index in [1.165, 1.54) is 0 Å². The lowest BCUT2D eigenvalue weighted by molar-refractivity contribution is -0.119. The van der Waals surface area contributed by atoms with Crippen LogP contribution in [0, 0.1) is 0 Å². The van der Waals surface area contributed by atoms with Crippen LogP contribution in [-0.4, -0.2) is 30.5 Å². The van der Waals surface area contributed by atoms with Gasteiger partial charge in [0, 0.05) is 11.7 Å². The Bertz CT molecular complexity index is 819. The van der Waals surface area contributed by atoms with Gasteiger partial charge in [-0.2, -0.15) is 0 Å². The number of primary amides is 1. The quantitative estimate of drug-likeness (QED) is 0.597. The van der Waals surface area contributed by atoms with E-state index >= 15 is 0 Å². The van der Waals surface area contributed by atoms with Gasteiger partial charge in [0.25, 0.3) is 11.8 Å². The molecule has 0 saturated carbocycles. The number of anilines is 2. The summed E-state index contributed by atoms with van der Waals surface area (Å²) in [6.45, 7) is 3.47. The maximum absolute atomic E-state index is 12.6. The van der Waals surface area contributed by atoms with Crippen molar-refractivity contribution in [2.45, 2.75) is 19.9 Å². The molecular formula is C19H22N4O4. The number of benzene rings is 2. The predicted molar refractivity (Wildman–Crippen MR) is 103 cm³/mol. The Balaban J connectivity index is 2.05. The summed E-state index contributed by atoms with van der Waals surface area (Å²) in [5.41, 5.74) is 6.28. The lowest BCUT2D eigenvalue weighted by Gasteiger charge is -2.13. The number of hydrogen-bond acceptors (Lipinski definition) is 4. The molecule has 0 radical (unpaired) electrons. The zero-order chi connectivity index (χ0) is 19.8. The molecule has 0 spiro atoms. The molecule has 4 amide bonds. The first kappa shape index (κ1) is 19.8. The van der Waals surface area contributed by atoms with Crippen molar-refractivity contribution in [3.05, 3.63) is 54.1 Å². The maximum atomic E-state index is 12.6. The van der Waals surface area contributed by atoms with Gasteiger partial charge in [0.15, 0.2) is 6.61 Å². The van der Waals surface area contributed by atoms with Crippen molar-refractivity contribution in [2.75, 3.05) is 17.2 Å². The van der Waals surface area contributed by atoms with E-state index in [2.05, 4.69) is 16.0 Å². The standard InChI is InChI=1S/C19H22N4O4/c1-12(2)21-19(26)23-16-6-4-3-5-15(16)18(25)22-13-7-9-14(10-8-13)27-11-17(20)24/h3-10,12H,11H2,1-2H3,(H2,20,24)(H,22,25)(H2,21,23,26). The Morgan fingerprint density at radius 1 is 1.00 bits per heavy atom. The second kappa shape index (κ2) is 9.23. The van der Waals surface area contributed by atoms with E-state index in [4.69, 9.17) is 10.5 Å². The van der Waals surface area contributed by atoms with Crippen molar-refractivity contribution in [1.29, 1.82) is 0 Å². The van der Waals surface area contributed by atoms with Gasteiger partial charge in [0.2, 0.25) is 0 Å². The monoisotopic (exact) mass is 370 g/mol. The van der Waals surface area contributed by atoms with Gasteiger partial charge in [0.1, 0.15) is 5.75 Å². The first-order chi connectivity index (χ1) is 12.8. The molecule has 0 fully saturated rings. The van der Waals surface area contributed by atoms with Crippen molar-refractivity contribution in [3.8, 4) is 5.75 Å². The highest BCUT2D eigenvalue weighted by Gasteiger charge is 2.13. The highest BCUT2D eigenvalue weighted by atomic mass is 16.5. The molecule has 0 unspecified atom stereocenters. The van der Waals surface area contributed by atoms with Gasteiger partial charge >= 0.3 is 6.03 Å². The first-order valence-corrected chi connectivity index (χ1v) is 8.34. The maximum Gasteiger partial charge on any atom is 0.319 e. The number of carbonyl (C=O) groups is 3. The number of rotatable bonds is 7. The zero-order valence-electron chi connectivity index (χ0n) is 15.1. The summed E-state index contributed by atoms with van der Waals surface area (Å²) in [6, 6.07) is 12.8. The predicted octanol–water partition coefficient (Wildman–Crippen LogP) is 2.33. The fourth-order valence-corrected chi connectivity index (χ4v) is 2.20. The molecule has 0 aliphatic heterocycles. The third-order valence-corrected chi connectivity index (χ3v) is 3.33. The highest BCUT2D eigenvalue weighted by molar-refractivity contribution is 6.10. The smallest absolute Gasteiger partial charge is 0.319 e. The Hall–Kier alpha value is -3.55.